The molecule has 0 bridgehead atoms. The molecule has 0 aliphatic rings. The monoisotopic (exact) mass is 225 g/mol. The van der Waals surface area contributed by atoms with Gasteiger partial charge in [0.15, 0.2) is 5.82 Å². The van der Waals surface area contributed by atoms with Gasteiger partial charge in [0.1, 0.15) is 5.82 Å². The molecule has 0 spiro atoms. The van der Waals surface area contributed by atoms with Crippen LogP contribution in [0.4, 0.5) is 0 Å². The van der Waals surface area contributed by atoms with Crippen LogP contribution >= 0.6 is 11.6 Å². The Morgan fingerprint density at radius 3 is 2.60 bits per heavy atom. The predicted octanol–water partition coefficient (Wildman–Crippen LogP) is 1.78. The maximum atomic E-state index is 5.97. The third-order valence-electron chi connectivity index (χ3n) is 2.09. The van der Waals surface area contributed by atoms with E-state index in [1.165, 1.54) is 0 Å². The molecule has 0 radical (unpaired) electrons. The number of rotatable bonds is 2. The van der Waals surface area contributed by atoms with Crippen LogP contribution in [0.15, 0.2) is 12.3 Å². The van der Waals surface area contributed by atoms with Crippen LogP contribution in [0.3, 0.4) is 0 Å². The van der Waals surface area contributed by atoms with Gasteiger partial charge in [0.2, 0.25) is 5.28 Å². The first-order chi connectivity index (χ1) is 7.09. The zero-order valence-corrected chi connectivity index (χ0v) is 9.60. The van der Waals surface area contributed by atoms with Crippen LogP contribution in [0, 0.1) is 0 Å². The van der Waals surface area contributed by atoms with E-state index in [0.29, 0.717) is 5.28 Å². The van der Waals surface area contributed by atoms with Crippen molar-refractivity contribution in [3.8, 4) is 5.82 Å². The lowest BCUT2D eigenvalue weighted by molar-refractivity contribution is 0.711. The highest BCUT2D eigenvalue weighted by atomic mass is 35.5. The topological polar surface area (TPSA) is 48.5 Å². The Balaban J connectivity index is 2.55. The molecule has 0 atom stereocenters. The van der Waals surface area contributed by atoms with E-state index in [4.69, 9.17) is 11.6 Å². The Morgan fingerprint density at radius 2 is 2.07 bits per heavy atom. The Kier molecular flexibility index (Phi) is 2.48. The second kappa shape index (κ2) is 3.66. The maximum Gasteiger partial charge on any atom is 0.230 e. The van der Waals surface area contributed by atoms with Crippen molar-refractivity contribution in [2.45, 2.75) is 19.8 Å². The molecule has 0 aliphatic carbocycles. The van der Waals surface area contributed by atoms with Crippen molar-refractivity contribution in [1.29, 1.82) is 0 Å². The molecule has 2 aromatic rings. The minimum atomic E-state index is 0.256. The number of halogens is 1. The number of aromatic nitrogens is 5. The van der Waals surface area contributed by atoms with Gasteiger partial charge in [-0.3, -0.25) is 9.25 Å². The Hall–Kier alpha value is -1.36. The smallest absolute Gasteiger partial charge is 0.230 e. The van der Waals surface area contributed by atoms with Crippen molar-refractivity contribution in [2.24, 2.45) is 7.05 Å². The van der Waals surface area contributed by atoms with Gasteiger partial charge in [-0.2, -0.15) is 5.10 Å². The molecular weight excluding hydrogens is 214 g/mol. The Morgan fingerprint density at radius 1 is 1.33 bits per heavy atom. The second-order valence-electron chi connectivity index (χ2n) is 3.66. The zero-order valence-electron chi connectivity index (χ0n) is 8.85. The lowest BCUT2D eigenvalue weighted by Crippen LogP contribution is -2.04. The van der Waals surface area contributed by atoms with Gasteiger partial charge in [-0.25, -0.2) is 0 Å². The summed E-state index contributed by atoms with van der Waals surface area (Å²) < 4.78 is 3.47. The van der Waals surface area contributed by atoms with E-state index in [9.17, 15) is 0 Å². The molecule has 0 unspecified atom stereocenters. The van der Waals surface area contributed by atoms with Gasteiger partial charge in [0.05, 0.1) is 0 Å². The average Bonchev–Trinajstić information content (AvgIpc) is 2.71. The fraction of sp³-hybridized carbons (Fsp3) is 0.444. The summed E-state index contributed by atoms with van der Waals surface area (Å²) in [6.07, 6.45) is 1.86. The number of nitrogens with zero attached hydrogens (tertiary/aromatic N) is 5. The largest absolute Gasteiger partial charge is 0.274 e. The molecule has 6 heteroatoms. The lowest BCUT2D eigenvalue weighted by atomic mass is 10.2. The second-order valence-corrected chi connectivity index (χ2v) is 4.00. The fourth-order valence-electron chi connectivity index (χ4n) is 1.38. The van der Waals surface area contributed by atoms with Gasteiger partial charge >= 0.3 is 0 Å². The van der Waals surface area contributed by atoms with Crippen LogP contribution in [0.5, 0.6) is 0 Å². The predicted molar refractivity (Wildman–Crippen MR) is 57.2 cm³/mol. The molecule has 0 amide bonds. The van der Waals surface area contributed by atoms with Crippen LogP contribution in [0.25, 0.3) is 5.82 Å². The quantitative estimate of drug-likeness (QED) is 0.783. The third kappa shape index (κ3) is 1.74. The standard InChI is InChI=1S/C9H12ClN5/c1-6(2)8-11-12-9(10)15(8)7-4-5-14(3)13-7/h4-6H,1-3H3. The van der Waals surface area contributed by atoms with E-state index in [-0.39, 0.29) is 5.92 Å². The lowest BCUT2D eigenvalue weighted by Gasteiger charge is -2.06. The summed E-state index contributed by atoms with van der Waals surface area (Å²) in [6.45, 7) is 4.08. The van der Waals surface area contributed by atoms with E-state index in [1.54, 1.807) is 9.25 Å². The summed E-state index contributed by atoms with van der Waals surface area (Å²) >= 11 is 5.97. The molecule has 2 heterocycles. The van der Waals surface area contributed by atoms with Crippen molar-refractivity contribution < 1.29 is 0 Å². The van der Waals surface area contributed by atoms with Crippen LogP contribution in [0.1, 0.15) is 25.6 Å². The first kappa shape index (κ1) is 10.2. The summed E-state index contributed by atoms with van der Waals surface area (Å²) in [7, 11) is 1.86. The molecule has 0 aromatic carbocycles. The van der Waals surface area contributed by atoms with Gasteiger partial charge < -0.3 is 0 Å². The SMILES string of the molecule is CC(C)c1nnc(Cl)n1-c1ccn(C)n1. The Labute approximate surface area is 92.7 Å². The number of hydrogen-bond donors (Lipinski definition) is 0. The van der Waals surface area contributed by atoms with E-state index >= 15 is 0 Å². The fourth-order valence-corrected chi connectivity index (χ4v) is 1.60. The van der Waals surface area contributed by atoms with E-state index in [2.05, 4.69) is 15.3 Å². The summed E-state index contributed by atoms with van der Waals surface area (Å²) in [5, 5.41) is 12.5. The summed E-state index contributed by atoms with van der Waals surface area (Å²) in [4.78, 5) is 0. The highest BCUT2D eigenvalue weighted by Crippen LogP contribution is 2.20. The van der Waals surface area contributed by atoms with E-state index in [1.807, 2.05) is 33.2 Å². The van der Waals surface area contributed by atoms with Crippen LogP contribution in [0.2, 0.25) is 5.28 Å². The van der Waals surface area contributed by atoms with Gasteiger partial charge in [0, 0.05) is 25.2 Å². The molecule has 15 heavy (non-hydrogen) atoms. The first-order valence-electron chi connectivity index (χ1n) is 4.70. The first-order valence-corrected chi connectivity index (χ1v) is 5.08. The van der Waals surface area contributed by atoms with Gasteiger partial charge in [-0.15, -0.1) is 10.2 Å². The molecular formula is C9H12ClN5. The van der Waals surface area contributed by atoms with Crippen molar-refractivity contribution in [3.63, 3.8) is 0 Å². The normalized spacial score (nSPS) is 11.3. The summed E-state index contributed by atoms with van der Waals surface area (Å²) in [5.41, 5.74) is 0. The number of aryl methyl sites for hydroxylation is 1. The van der Waals surface area contributed by atoms with Crippen LogP contribution in [-0.4, -0.2) is 24.5 Å². The minimum absolute atomic E-state index is 0.256. The average molecular weight is 226 g/mol. The highest BCUT2D eigenvalue weighted by molar-refractivity contribution is 6.28. The minimum Gasteiger partial charge on any atom is -0.274 e. The van der Waals surface area contributed by atoms with Crippen LogP contribution in [-0.2, 0) is 7.05 Å². The third-order valence-corrected chi connectivity index (χ3v) is 2.34. The molecule has 5 nitrogen and oxygen atoms in total. The maximum absolute atomic E-state index is 5.97. The molecule has 0 saturated heterocycles. The molecule has 0 fully saturated rings. The van der Waals surface area contributed by atoms with E-state index in [0.717, 1.165) is 11.6 Å². The van der Waals surface area contributed by atoms with Gasteiger partial charge in [0.25, 0.3) is 0 Å². The zero-order chi connectivity index (χ0) is 11.0. The molecule has 2 aromatic heterocycles. The summed E-state index contributed by atoms with van der Waals surface area (Å²) in [6, 6.07) is 1.88. The highest BCUT2D eigenvalue weighted by Gasteiger charge is 2.16. The van der Waals surface area contributed by atoms with E-state index < -0.39 is 0 Å². The molecule has 0 saturated carbocycles. The van der Waals surface area contributed by atoms with Crippen LogP contribution < -0.4 is 0 Å². The van der Waals surface area contributed by atoms with Crippen molar-refractivity contribution >= 4 is 11.6 Å². The van der Waals surface area contributed by atoms with Crippen molar-refractivity contribution in [3.05, 3.63) is 23.4 Å². The molecule has 0 N–H and O–H groups in total. The van der Waals surface area contributed by atoms with Crippen molar-refractivity contribution in [2.75, 3.05) is 0 Å². The molecule has 80 valence electrons. The number of hydrogen-bond acceptors (Lipinski definition) is 3. The Bertz CT molecular complexity index is 471. The van der Waals surface area contributed by atoms with Gasteiger partial charge in [-0.1, -0.05) is 13.8 Å². The van der Waals surface area contributed by atoms with Gasteiger partial charge in [-0.05, 0) is 11.6 Å². The molecule has 2 rings (SSSR count). The summed E-state index contributed by atoms with van der Waals surface area (Å²) in [5.74, 6) is 1.82. The van der Waals surface area contributed by atoms with Crippen molar-refractivity contribution in [1.82, 2.24) is 24.5 Å². The molecule has 0 aliphatic heterocycles.